The summed E-state index contributed by atoms with van der Waals surface area (Å²) in [4.78, 5) is 14.5. The van der Waals surface area contributed by atoms with Crippen LogP contribution in [0.2, 0.25) is 0 Å². The molecule has 0 amide bonds. The van der Waals surface area contributed by atoms with Gasteiger partial charge in [-0.3, -0.25) is 4.79 Å². The molecule has 1 heterocycles. The summed E-state index contributed by atoms with van der Waals surface area (Å²) in [7, 11) is 0. The number of hydrogen-bond donors (Lipinski definition) is 3. The minimum atomic E-state index is -0.238. The molecule has 20 heavy (non-hydrogen) atoms. The predicted octanol–water partition coefficient (Wildman–Crippen LogP) is 2.39. The molecule has 3 N–H and O–H groups in total. The lowest BCUT2D eigenvalue weighted by atomic mass is 9.99. The number of nitrogens with one attached hydrogen (secondary N) is 1. The molecule has 0 unspecified atom stereocenters. The molecule has 0 aliphatic carbocycles. The first-order valence-corrected chi connectivity index (χ1v) is 6.24. The lowest BCUT2D eigenvalue weighted by Gasteiger charge is -2.09. The molecule has 0 spiro atoms. The van der Waals surface area contributed by atoms with Gasteiger partial charge in [0.05, 0.1) is 12.0 Å². The standard InChI is InChI=1S/C16H13NO3/c18-9-10-3-1-4-11(7-10)13-8-17-16(20)12-5-2-6-14(19)15(12)13/h1-8,18-19H,9H2,(H,17,20). The summed E-state index contributed by atoms with van der Waals surface area (Å²) < 4.78 is 0. The average Bonchev–Trinajstić information content (AvgIpc) is 2.48. The second-order valence-corrected chi connectivity index (χ2v) is 4.59. The molecule has 2 aromatic carbocycles. The van der Waals surface area contributed by atoms with Crippen LogP contribution in [0, 0.1) is 0 Å². The summed E-state index contributed by atoms with van der Waals surface area (Å²) >= 11 is 0. The number of aromatic hydroxyl groups is 1. The van der Waals surface area contributed by atoms with Crippen molar-refractivity contribution in [3.05, 3.63) is 64.6 Å². The Labute approximate surface area is 115 Å². The van der Waals surface area contributed by atoms with Crippen LogP contribution in [0.4, 0.5) is 0 Å². The molecule has 0 bridgehead atoms. The van der Waals surface area contributed by atoms with E-state index in [9.17, 15) is 15.0 Å². The van der Waals surface area contributed by atoms with Gasteiger partial charge in [0.2, 0.25) is 0 Å². The van der Waals surface area contributed by atoms with Crippen molar-refractivity contribution in [3.63, 3.8) is 0 Å². The normalized spacial score (nSPS) is 10.8. The number of aromatic nitrogens is 1. The highest BCUT2D eigenvalue weighted by atomic mass is 16.3. The summed E-state index contributed by atoms with van der Waals surface area (Å²) in [5.74, 6) is 0.0676. The SMILES string of the molecule is O=c1[nH]cc(-c2cccc(CO)c2)c2c(O)cccc12. The molecule has 0 radical (unpaired) electrons. The minimum absolute atomic E-state index is 0.0545. The highest BCUT2D eigenvalue weighted by Gasteiger charge is 2.10. The molecule has 0 saturated carbocycles. The van der Waals surface area contributed by atoms with E-state index >= 15 is 0 Å². The molecule has 4 nitrogen and oxygen atoms in total. The van der Waals surface area contributed by atoms with Crippen LogP contribution in [0.15, 0.2) is 53.5 Å². The van der Waals surface area contributed by atoms with Gasteiger partial charge in [-0.2, -0.15) is 0 Å². The fourth-order valence-electron chi connectivity index (χ4n) is 2.36. The van der Waals surface area contributed by atoms with E-state index in [1.54, 1.807) is 24.4 Å². The number of aromatic amines is 1. The second-order valence-electron chi connectivity index (χ2n) is 4.59. The minimum Gasteiger partial charge on any atom is -0.507 e. The number of aliphatic hydroxyl groups excluding tert-OH is 1. The number of aliphatic hydroxyl groups is 1. The van der Waals surface area contributed by atoms with E-state index in [2.05, 4.69) is 4.98 Å². The highest BCUT2D eigenvalue weighted by molar-refractivity contribution is 5.99. The molecule has 0 aliphatic rings. The van der Waals surface area contributed by atoms with Crippen LogP contribution >= 0.6 is 0 Å². The number of rotatable bonds is 2. The quantitative estimate of drug-likeness (QED) is 0.667. The molecule has 3 rings (SSSR count). The predicted molar refractivity (Wildman–Crippen MR) is 77.6 cm³/mol. The smallest absolute Gasteiger partial charge is 0.255 e. The zero-order chi connectivity index (χ0) is 14.1. The van der Waals surface area contributed by atoms with E-state index in [0.717, 1.165) is 16.7 Å². The van der Waals surface area contributed by atoms with Crippen molar-refractivity contribution >= 4 is 10.8 Å². The molecule has 0 aliphatic heterocycles. The Balaban J connectivity index is 2.36. The molecule has 0 fully saturated rings. The Morgan fingerprint density at radius 1 is 1.10 bits per heavy atom. The first kappa shape index (κ1) is 12.4. The fourth-order valence-corrected chi connectivity index (χ4v) is 2.36. The number of phenols is 1. The molecule has 0 atom stereocenters. The lowest BCUT2D eigenvalue weighted by molar-refractivity contribution is 0.282. The van der Waals surface area contributed by atoms with Crippen molar-refractivity contribution in [3.8, 4) is 16.9 Å². The van der Waals surface area contributed by atoms with Crippen molar-refractivity contribution in [2.45, 2.75) is 6.61 Å². The largest absolute Gasteiger partial charge is 0.507 e. The van der Waals surface area contributed by atoms with Crippen molar-refractivity contribution in [2.24, 2.45) is 0 Å². The van der Waals surface area contributed by atoms with Crippen LogP contribution in [-0.4, -0.2) is 15.2 Å². The fraction of sp³-hybridized carbons (Fsp3) is 0.0625. The second kappa shape index (κ2) is 4.83. The summed E-state index contributed by atoms with van der Waals surface area (Å²) in [6, 6.07) is 12.2. The number of benzene rings is 2. The third kappa shape index (κ3) is 1.96. The van der Waals surface area contributed by atoms with Gasteiger partial charge in [0.25, 0.3) is 5.56 Å². The van der Waals surface area contributed by atoms with Crippen LogP contribution < -0.4 is 5.56 Å². The maximum Gasteiger partial charge on any atom is 0.255 e. The van der Waals surface area contributed by atoms with Gasteiger partial charge in [-0.05, 0) is 29.3 Å². The van der Waals surface area contributed by atoms with Crippen LogP contribution in [0.5, 0.6) is 5.75 Å². The lowest BCUT2D eigenvalue weighted by Crippen LogP contribution is -2.05. The van der Waals surface area contributed by atoms with E-state index in [1.165, 1.54) is 0 Å². The third-order valence-corrected chi connectivity index (χ3v) is 3.32. The average molecular weight is 267 g/mol. The topological polar surface area (TPSA) is 73.3 Å². The summed E-state index contributed by atoms with van der Waals surface area (Å²) in [5, 5.41) is 20.2. The Kier molecular flexibility index (Phi) is 3.00. The van der Waals surface area contributed by atoms with E-state index in [0.29, 0.717) is 10.8 Å². The first-order chi connectivity index (χ1) is 9.70. The van der Waals surface area contributed by atoms with E-state index in [1.807, 2.05) is 24.3 Å². The Morgan fingerprint density at radius 3 is 2.70 bits per heavy atom. The summed E-state index contributed by atoms with van der Waals surface area (Å²) in [5.41, 5.74) is 2.10. The van der Waals surface area contributed by atoms with Crippen molar-refractivity contribution in [2.75, 3.05) is 0 Å². The number of phenolic OH excluding ortho intramolecular Hbond substituents is 1. The Hall–Kier alpha value is -2.59. The van der Waals surface area contributed by atoms with Gasteiger partial charge in [0, 0.05) is 17.1 Å². The molecule has 4 heteroatoms. The van der Waals surface area contributed by atoms with Crippen molar-refractivity contribution < 1.29 is 10.2 Å². The zero-order valence-electron chi connectivity index (χ0n) is 10.6. The maximum absolute atomic E-state index is 11.8. The zero-order valence-corrected chi connectivity index (χ0v) is 10.6. The monoisotopic (exact) mass is 267 g/mol. The molecule has 3 aromatic rings. The van der Waals surface area contributed by atoms with Gasteiger partial charge in [-0.15, -0.1) is 0 Å². The van der Waals surface area contributed by atoms with Gasteiger partial charge in [-0.25, -0.2) is 0 Å². The van der Waals surface area contributed by atoms with E-state index in [-0.39, 0.29) is 17.9 Å². The van der Waals surface area contributed by atoms with Gasteiger partial charge in [-0.1, -0.05) is 24.3 Å². The number of fused-ring (bicyclic) bond motifs is 1. The van der Waals surface area contributed by atoms with Crippen molar-refractivity contribution in [1.29, 1.82) is 0 Å². The molecule has 100 valence electrons. The maximum atomic E-state index is 11.8. The number of hydrogen-bond acceptors (Lipinski definition) is 3. The van der Waals surface area contributed by atoms with Gasteiger partial charge >= 0.3 is 0 Å². The Bertz CT molecular complexity index is 836. The molecular formula is C16H13NO3. The van der Waals surface area contributed by atoms with Gasteiger partial charge < -0.3 is 15.2 Å². The third-order valence-electron chi connectivity index (χ3n) is 3.32. The van der Waals surface area contributed by atoms with Gasteiger partial charge in [0.15, 0.2) is 0 Å². The summed E-state index contributed by atoms with van der Waals surface area (Å²) in [6.07, 6.45) is 1.58. The molecule has 1 aromatic heterocycles. The van der Waals surface area contributed by atoms with Crippen molar-refractivity contribution in [1.82, 2.24) is 4.98 Å². The van der Waals surface area contributed by atoms with Crippen LogP contribution in [0.1, 0.15) is 5.56 Å². The van der Waals surface area contributed by atoms with Gasteiger partial charge in [0.1, 0.15) is 5.75 Å². The highest BCUT2D eigenvalue weighted by Crippen LogP contribution is 2.32. The number of H-pyrrole nitrogens is 1. The van der Waals surface area contributed by atoms with E-state index < -0.39 is 0 Å². The molecule has 0 saturated heterocycles. The number of pyridine rings is 1. The molecular weight excluding hydrogens is 254 g/mol. The summed E-state index contributed by atoms with van der Waals surface area (Å²) in [6.45, 7) is -0.0545. The van der Waals surface area contributed by atoms with E-state index in [4.69, 9.17) is 0 Å². The van der Waals surface area contributed by atoms with Crippen LogP contribution in [0.3, 0.4) is 0 Å². The first-order valence-electron chi connectivity index (χ1n) is 6.24. The van der Waals surface area contributed by atoms with Crippen LogP contribution in [-0.2, 0) is 6.61 Å². The Morgan fingerprint density at radius 2 is 1.90 bits per heavy atom. The van der Waals surface area contributed by atoms with Crippen LogP contribution in [0.25, 0.3) is 21.9 Å².